The van der Waals surface area contributed by atoms with E-state index in [0.717, 1.165) is 21.9 Å². The van der Waals surface area contributed by atoms with E-state index in [2.05, 4.69) is 19.4 Å². The van der Waals surface area contributed by atoms with E-state index in [1.54, 1.807) is 30.7 Å². The lowest BCUT2D eigenvalue weighted by atomic mass is 10.1. The van der Waals surface area contributed by atoms with Crippen LogP contribution in [0.1, 0.15) is 0 Å². The molecule has 0 radical (unpaired) electrons. The first-order valence-corrected chi connectivity index (χ1v) is 9.91. The van der Waals surface area contributed by atoms with Crippen LogP contribution in [0.15, 0.2) is 65.5 Å². The summed E-state index contributed by atoms with van der Waals surface area (Å²) in [5, 5.41) is 1.83. The second-order valence-electron chi connectivity index (χ2n) is 6.88. The Labute approximate surface area is 188 Å². The van der Waals surface area contributed by atoms with Gasteiger partial charge in [0, 0.05) is 17.2 Å². The van der Waals surface area contributed by atoms with Crippen LogP contribution in [0.2, 0.25) is 0 Å². The minimum absolute atomic E-state index is 0.164. The Morgan fingerprint density at radius 1 is 0.818 bits per heavy atom. The Balaban J connectivity index is 1.66. The number of carbonyl (C=O) groups excluding carboxylic acids is 2. The molecule has 2 aromatic carbocycles. The molecule has 0 aliphatic heterocycles. The molecule has 168 valence electrons. The van der Waals surface area contributed by atoms with Crippen molar-refractivity contribution in [3.05, 3.63) is 61.1 Å². The number of carbonyl (C=O) groups is 2. The van der Waals surface area contributed by atoms with E-state index in [4.69, 9.17) is 13.9 Å². The summed E-state index contributed by atoms with van der Waals surface area (Å²) in [7, 11) is 2.60. The van der Waals surface area contributed by atoms with E-state index in [9.17, 15) is 9.59 Å². The molecular formula is C24H20N2O7. The molecule has 0 saturated carbocycles. The van der Waals surface area contributed by atoms with Crippen LogP contribution in [0.3, 0.4) is 0 Å². The second-order valence-corrected chi connectivity index (χ2v) is 6.88. The van der Waals surface area contributed by atoms with Crippen molar-refractivity contribution in [1.29, 1.82) is 0 Å². The predicted octanol–water partition coefficient (Wildman–Crippen LogP) is 3.66. The van der Waals surface area contributed by atoms with Crippen LogP contribution in [0.4, 0.5) is 0 Å². The molecule has 2 heterocycles. The van der Waals surface area contributed by atoms with Crippen molar-refractivity contribution in [2.24, 2.45) is 0 Å². The number of ether oxygens (including phenoxy) is 4. The van der Waals surface area contributed by atoms with Gasteiger partial charge in [0.15, 0.2) is 19.0 Å². The van der Waals surface area contributed by atoms with Crippen LogP contribution in [0.5, 0.6) is 11.6 Å². The number of fused-ring (bicyclic) bond motifs is 1. The Morgan fingerprint density at radius 2 is 1.55 bits per heavy atom. The standard InChI is InChI=1S/C24H20N2O7/c1-29-22(27)13-32-19-6-5-15-9-17(4-3-16(15)10-19)24-25-20(18-7-8-31-12-18)11-21(26-24)33-14-23(28)30-2/h3-12H,13-14H2,1-2H3. The lowest BCUT2D eigenvalue weighted by Gasteiger charge is -2.10. The lowest BCUT2D eigenvalue weighted by molar-refractivity contribution is -0.143. The van der Waals surface area contributed by atoms with Gasteiger partial charge in [-0.15, -0.1) is 0 Å². The molecule has 9 heteroatoms. The first kappa shape index (κ1) is 21.8. The van der Waals surface area contributed by atoms with E-state index in [1.807, 2.05) is 30.3 Å². The molecule has 0 saturated heterocycles. The summed E-state index contributed by atoms with van der Waals surface area (Å²) >= 11 is 0. The largest absolute Gasteiger partial charge is 0.482 e. The number of esters is 2. The van der Waals surface area contributed by atoms with Gasteiger partial charge in [0.25, 0.3) is 0 Å². The third-order valence-electron chi connectivity index (χ3n) is 4.74. The molecule has 0 spiro atoms. The maximum absolute atomic E-state index is 11.5. The van der Waals surface area contributed by atoms with E-state index in [1.165, 1.54) is 14.2 Å². The first-order valence-electron chi connectivity index (χ1n) is 9.91. The zero-order chi connectivity index (χ0) is 23.2. The monoisotopic (exact) mass is 448 g/mol. The lowest BCUT2D eigenvalue weighted by Crippen LogP contribution is -2.13. The molecule has 33 heavy (non-hydrogen) atoms. The van der Waals surface area contributed by atoms with Crippen molar-refractivity contribution in [3.8, 4) is 34.3 Å². The van der Waals surface area contributed by atoms with Crippen molar-refractivity contribution in [2.45, 2.75) is 0 Å². The number of methoxy groups -OCH3 is 2. The fourth-order valence-corrected chi connectivity index (χ4v) is 3.03. The highest BCUT2D eigenvalue weighted by Crippen LogP contribution is 2.29. The summed E-state index contributed by atoms with van der Waals surface area (Å²) in [6.07, 6.45) is 3.11. The topological polar surface area (TPSA) is 110 Å². The minimum atomic E-state index is -0.518. The molecule has 0 fully saturated rings. The van der Waals surface area contributed by atoms with Crippen LogP contribution in [-0.2, 0) is 19.1 Å². The summed E-state index contributed by atoms with van der Waals surface area (Å²) in [4.78, 5) is 31.9. The summed E-state index contributed by atoms with van der Waals surface area (Å²) in [5.74, 6) is 0.230. The highest BCUT2D eigenvalue weighted by molar-refractivity contribution is 5.88. The molecule has 0 aliphatic carbocycles. The molecule has 4 aromatic rings. The first-order chi connectivity index (χ1) is 16.1. The van der Waals surface area contributed by atoms with Crippen LogP contribution in [0.25, 0.3) is 33.4 Å². The highest BCUT2D eigenvalue weighted by atomic mass is 16.6. The Kier molecular flexibility index (Phi) is 6.49. The predicted molar refractivity (Wildman–Crippen MR) is 118 cm³/mol. The molecule has 0 amide bonds. The number of hydrogen-bond donors (Lipinski definition) is 0. The molecule has 0 bridgehead atoms. The van der Waals surface area contributed by atoms with Crippen LogP contribution >= 0.6 is 0 Å². The van der Waals surface area contributed by atoms with Gasteiger partial charge in [-0.25, -0.2) is 14.6 Å². The molecular weight excluding hydrogens is 428 g/mol. The fourth-order valence-electron chi connectivity index (χ4n) is 3.03. The second kappa shape index (κ2) is 9.82. The SMILES string of the molecule is COC(=O)COc1ccc2cc(-c3nc(OCC(=O)OC)cc(-c4ccoc4)n3)ccc2c1. The van der Waals surface area contributed by atoms with Crippen LogP contribution in [-0.4, -0.2) is 49.3 Å². The van der Waals surface area contributed by atoms with Crippen molar-refractivity contribution in [3.63, 3.8) is 0 Å². The average Bonchev–Trinajstić information content (AvgIpc) is 3.40. The smallest absolute Gasteiger partial charge is 0.343 e. The summed E-state index contributed by atoms with van der Waals surface area (Å²) in [6, 6.07) is 14.6. The summed E-state index contributed by atoms with van der Waals surface area (Å²) in [5.41, 5.74) is 2.08. The zero-order valence-corrected chi connectivity index (χ0v) is 17.9. The van der Waals surface area contributed by atoms with Gasteiger partial charge < -0.3 is 23.4 Å². The maximum atomic E-state index is 11.5. The zero-order valence-electron chi connectivity index (χ0n) is 17.9. The fraction of sp³-hybridized carbons (Fsp3) is 0.167. The van der Waals surface area contributed by atoms with Crippen LogP contribution in [0, 0.1) is 0 Å². The summed E-state index contributed by atoms with van der Waals surface area (Å²) in [6.45, 7) is -0.438. The van der Waals surface area contributed by atoms with Gasteiger partial charge in [-0.05, 0) is 35.0 Å². The van der Waals surface area contributed by atoms with Crippen molar-refractivity contribution >= 4 is 22.7 Å². The van der Waals surface area contributed by atoms with E-state index in [-0.39, 0.29) is 19.1 Å². The van der Waals surface area contributed by atoms with Crippen molar-refractivity contribution in [1.82, 2.24) is 9.97 Å². The van der Waals surface area contributed by atoms with Crippen LogP contribution < -0.4 is 9.47 Å². The number of hydrogen-bond acceptors (Lipinski definition) is 9. The van der Waals surface area contributed by atoms with Crippen molar-refractivity contribution < 1.29 is 33.0 Å². The van der Waals surface area contributed by atoms with Gasteiger partial charge in [-0.2, -0.15) is 4.98 Å². The number of benzene rings is 2. The Hall–Kier alpha value is -4.40. The number of rotatable bonds is 8. The Morgan fingerprint density at radius 3 is 2.27 bits per heavy atom. The third-order valence-corrected chi connectivity index (χ3v) is 4.74. The molecule has 4 rings (SSSR count). The minimum Gasteiger partial charge on any atom is -0.482 e. The summed E-state index contributed by atoms with van der Waals surface area (Å²) < 4.78 is 25.3. The van der Waals surface area contributed by atoms with E-state index in [0.29, 0.717) is 17.3 Å². The quantitative estimate of drug-likeness (QED) is 0.373. The molecule has 0 atom stereocenters. The average molecular weight is 448 g/mol. The molecule has 2 aromatic heterocycles. The van der Waals surface area contributed by atoms with E-state index < -0.39 is 11.9 Å². The normalized spacial score (nSPS) is 10.6. The van der Waals surface area contributed by atoms with Gasteiger partial charge in [0.2, 0.25) is 5.88 Å². The molecule has 0 unspecified atom stereocenters. The van der Waals surface area contributed by atoms with E-state index >= 15 is 0 Å². The molecule has 0 aliphatic rings. The van der Waals surface area contributed by atoms with Gasteiger partial charge in [-0.3, -0.25) is 0 Å². The molecule has 0 N–H and O–H groups in total. The number of aromatic nitrogens is 2. The number of nitrogens with zero attached hydrogens (tertiary/aromatic N) is 2. The maximum Gasteiger partial charge on any atom is 0.343 e. The van der Waals surface area contributed by atoms with Gasteiger partial charge in [0.05, 0.1) is 32.4 Å². The highest BCUT2D eigenvalue weighted by Gasteiger charge is 2.13. The van der Waals surface area contributed by atoms with Crippen molar-refractivity contribution in [2.75, 3.05) is 27.4 Å². The number of furan rings is 1. The van der Waals surface area contributed by atoms with Gasteiger partial charge >= 0.3 is 11.9 Å². The molecule has 9 nitrogen and oxygen atoms in total. The third kappa shape index (κ3) is 5.27. The van der Waals surface area contributed by atoms with Gasteiger partial charge in [0.1, 0.15) is 5.75 Å². The van der Waals surface area contributed by atoms with Gasteiger partial charge in [-0.1, -0.05) is 18.2 Å². The Bertz CT molecular complexity index is 1290.